The van der Waals surface area contributed by atoms with E-state index in [-0.39, 0.29) is 5.78 Å². The molecule has 0 saturated carbocycles. The minimum atomic E-state index is 0.118. The number of hydrogen-bond donors (Lipinski definition) is 0. The summed E-state index contributed by atoms with van der Waals surface area (Å²) < 4.78 is 5.26. The molecule has 0 atom stereocenters. The van der Waals surface area contributed by atoms with Crippen LogP contribution in [0.1, 0.15) is 27.0 Å². The second-order valence-electron chi connectivity index (χ2n) is 4.71. The van der Waals surface area contributed by atoms with Crippen molar-refractivity contribution in [3.63, 3.8) is 0 Å². The van der Waals surface area contributed by atoms with Gasteiger partial charge in [-0.1, -0.05) is 36.4 Å². The maximum absolute atomic E-state index is 12.3. The van der Waals surface area contributed by atoms with E-state index in [1.54, 1.807) is 7.11 Å². The third-order valence-electron chi connectivity index (χ3n) is 3.34. The van der Waals surface area contributed by atoms with E-state index in [2.05, 4.69) is 0 Å². The van der Waals surface area contributed by atoms with Crippen LogP contribution in [0.5, 0.6) is 5.75 Å². The number of carbonyl (C=O) groups excluding carboxylic acids is 1. The maximum Gasteiger partial charge on any atom is 0.167 e. The zero-order valence-corrected chi connectivity index (χ0v) is 11.6. The third kappa shape index (κ3) is 3.02. The van der Waals surface area contributed by atoms with Crippen LogP contribution in [0.25, 0.3) is 0 Å². The van der Waals surface area contributed by atoms with Crippen LogP contribution in [0.15, 0.2) is 42.5 Å². The molecule has 19 heavy (non-hydrogen) atoms. The average molecular weight is 254 g/mol. The molecule has 0 amide bonds. The van der Waals surface area contributed by atoms with Gasteiger partial charge >= 0.3 is 0 Å². The monoisotopic (exact) mass is 254 g/mol. The van der Waals surface area contributed by atoms with Crippen LogP contribution in [0.4, 0.5) is 0 Å². The Kier molecular flexibility index (Phi) is 4.00. The lowest BCUT2D eigenvalue weighted by Crippen LogP contribution is -2.05. The number of rotatable bonds is 4. The highest BCUT2D eigenvalue weighted by Gasteiger charge is 2.10. The Bertz CT molecular complexity index is 600. The molecule has 0 fully saturated rings. The van der Waals surface area contributed by atoms with Crippen molar-refractivity contribution in [2.45, 2.75) is 20.3 Å². The molecule has 2 aromatic rings. The van der Waals surface area contributed by atoms with E-state index in [0.29, 0.717) is 12.0 Å². The molecule has 98 valence electrons. The maximum atomic E-state index is 12.3. The first-order valence-electron chi connectivity index (χ1n) is 6.34. The largest absolute Gasteiger partial charge is 0.496 e. The summed E-state index contributed by atoms with van der Waals surface area (Å²) in [6.45, 7) is 3.99. The van der Waals surface area contributed by atoms with Gasteiger partial charge in [-0.15, -0.1) is 0 Å². The topological polar surface area (TPSA) is 26.3 Å². The van der Waals surface area contributed by atoms with Crippen molar-refractivity contribution in [1.82, 2.24) is 0 Å². The van der Waals surface area contributed by atoms with Crippen molar-refractivity contribution in [2.75, 3.05) is 7.11 Å². The highest BCUT2D eigenvalue weighted by Crippen LogP contribution is 2.20. The van der Waals surface area contributed by atoms with Crippen molar-refractivity contribution in [3.05, 3.63) is 64.7 Å². The molecule has 2 rings (SSSR count). The van der Waals surface area contributed by atoms with Crippen molar-refractivity contribution in [2.24, 2.45) is 0 Å². The summed E-state index contributed by atoms with van der Waals surface area (Å²) in [6, 6.07) is 13.6. The first-order valence-corrected chi connectivity index (χ1v) is 6.34. The highest BCUT2D eigenvalue weighted by atomic mass is 16.5. The van der Waals surface area contributed by atoms with Crippen molar-refractivity contribution >= 4 is 5.78 Å². The fraction of sp³-hybridized carbons (Fsp3) is 0.235. The third-order valence-corrected chi connectivity index (χ3v) is 3.34. The first kappa shape index (κ1) is 13.3. The van der Waals surface area contributed by atoms with Crippen molar-refractivity contribution < 1.29 is 9.53 Å². The standard InChI is InChI=1S/C17H18O2/c1-12-6-4-5-7-14(12)10-16(18)15-9-8-13(2)17(11-15)19-3/h4-9,11H,10H2,1-3H3. The lowest BCUT2D eigenvalue weighted by atomic mass is 9.99. The molecule has 0 aliphatic heterocycles. The fourth-order valence-electron chi connectivity index (χ4n) is 2.08. The van der Waals surface area contributed by atoms with E-state index in [9.17, 15) is 4.79 Å². The minimum Gasteiger partial charge on any atom is -0.496 e. The molecule has 0 N–H and O–H groups in total. The summed E-state index contributed by atoms with van der Waals surface area (Å²) in [5, 5.41) is 0. The van der Waals surface area contributed by atoms with Gasteiger partial charge in [0.2, 0.25) is 0 Å². The number of carbonyl (C=O) groups is 1. The predicted octanol–water partition coefficient (Wildman–Crippen LogP) is 3.74. The van der Waals surface area contributed by atoms with Crippen LogP contribution in [-0.4, -0.2) is 12.9 Å². The summed E-state index contributed by atoms with van der Waals surface area (Å²) in [5.41, 5.74) is 3.96. The molecule has 0 unspecified atom stereocenters. The number of methoxy groups -OCH3 is 1. The predicted molar refractivity (Wildman–Crippen MR) is 76.9 cm³/mol. The van der Waals surface area contributed by atoms with Crippen molar-refractivity contribution in [3.8, 4) is 5.75 Å². The fourth-order valence-corrected chi connectivity index (χ4v) is 2.08. The van der Waals surface area contributed by atoms with Gasteiger partial charge in [-0.3, -0.25) is 4.79 Å². The molecular weight excluding hydrogens is 236 g/mol. The SMILES string of the molecule is COc1cc(C(=O)Cc2ccccc2C)ccc1C. The van der Waals surface area contributed by atoms with Gasteiger partial charge in [0.25, 0.3) is 0 Å². The zero-order valence-electron chi connectivity index (χ0n) is 11.6. The van der Waals surface area contributed by atoms with Crippen LogP contribution in [-0.2, 0) is 6.42 Å². The van der Waals surface area contributed by atoms with E-state index < -0.39 is 0 Å². The Morgan fingerprint density at radius 3 is 2.47 bits per heavy atom. The lowest BCUT2D eigenvalue weighted by Gasteiger charge is -2.08. The van der Waals surface area contributed by atoms with E-state index in [4.69, 9.17) is 4.74 Å². The number of ketones is 1. The van der Waals surface area contributed by atoms with E-state index >= 15 is 0 Å². The van der Waals surface area contributed by atoms with E-state index in [0.717, 1.165) is 22.4 Å². The van der Waals surface area contributed by atoms with Crippen molar-refractivity contribution in [1.29, 1.82) is 0 Å². The molecule has 0 radical (unpaired) electrons. The number of hydrogen-bond acceptors (Lipinski definition) is 2. The van der Waals surface area contributed by atoms with Gasteiger partial charge in [0.15, 0.2) is 5.78 Å². The lowest BCUT2D eigenvalue weighted by molar-refractivity contribution is 0.0992. The van der Waals surface area contributed by atoms with Gasteiger partial charge in [0.05, 0.1) is 7.11 Å². The van der Waals surface area contributed by atoms with Gasteiger partial charge in [0.1, 0.15) is 5.75 Å². The summed E-state index contributed by atoms with van der Waals surface area (Å²) in [7, 11) is 1.62. The average Bonchev–Trinajstić information content (AvgIpc) is 2.42. The second-order valence-corrected chi connectivity index (χ2v) is 4.71. The Morgan fingerprint density at radius 1 is 1.05 bits per heavy atom. The van der Waals surface area contributed by atoms with Gasteiger partial charge in [-0.2, -0.15) is 0 Å². The molecule has 2 heteroatoms. The van der Waals surface area contributed by atoms with Gasteiger partial charge in [-0.25, -0.2) is 0 Å². The Labute approximate surface area is 114 Å². The summed E-state index contributed by atoms with van der Waals surface area (Å²) in [4.78, 5) is 12.3. The number of aryl methyl sites for hydroxylation is 2. The van der Waals surface area contributed by atoms with E-state index in [1.807, 2.05) is 56.3 Å². The smallest absolute Gasteiger partial charge is 0.167 e. The number of benzene rings is 2. The molecule has 0 bridgehead atoms. The Morgan fingerprint density at radius 2 is 1.79 bits per heavy atom. The van der Waals surface area contributed by atoms with Crippen LogP contribution < -0.4 is 4.74 Å². The number of Topliss-reactive ketones (excluding diaryl/α,β-unsaturated/α-hetero) is 1. The van der Waals surface area contributed by atoms with Gasteiger partial charge < -0.3 is 4.74 Å². The molecule has 2 aromatic carbocycles. The van der Waals surface area contributed by atoms with Crippen LogP contribution >= 0.6 is 0 Å². The molecule has 2 nitrogen and oxygen atoms in total. The molecule has 0 aromatic heterocycles. The normalized spacial score (nSPS) is 10.3. The minimum absolute atomic E-state index is 0.118. The molecule has 0 spiro atoms. The first-order chi connectivity index (χ1) is 9.11. The molecule has 0 aliphatic rings. The van der Waals surface area contributed by atoms with Crippen LogP contribution in [0.3, 0.4) is 0 Å². The molecule has 0 saturated heterocycles. The summed E-state index contributed by atoms with van der Waals surface area (Å²) >= 11 is 0. The second kappa shape index (κ2) is 5.70. The van der Waals surface area contributed by atoms with Crippen LogP contribution in [0, 0.1) is 13.8 Å². The quantitative estimate of drug-likeness (QED) is 0.777. The van der Waals surface area contributed by atoms with Gasteiger partial charge in [-0.05, 0) is 36.6 Å². The van der Waals surface area contributed by atoms with E-state index in [1.165, 1.54) is 0 Å². The molecular formula is C17H18O2. The van der Waals surface area contributed by atoms with Crippen LogP contribution in [0.2, 0.25) is 0 Å². The molecule has 0 heterocycles. The van der Waals surface area contributed by atoms with Gasteiger partial charge in [0, 0.05) is 12.0 Å². The Balaban J connectivity index is 2.23. The zero-order chi connectivity index (χ0) is 13.8. The Hall–Kier alpha value is -2.09. The summed E-state index contributed by atoms with van der Waals surface area (Å²) in [6.07, 6.45) is 0.429. The highest BCUT2D eigenvalue weighted by molar-refractivity contribution is 5.98. The number of ether oxygens (including phenoxy) is 1. The summed E-state index contributed by atoms with van der Waals surface area (Å²) in [5.74, 6) is 0.878. The molecule has 0 aliphatic carbocycles.